The molecule has 0 radical (unpaired) electrons. The fourth-order valence-corrected chi connectivity index (χ4v) is 3.18. The predicted octanol–water partition coefficient (Wildman–Crippen LogP) is 2.54. The molecule has 0 saturated carbocycles. The summed E-state index contributed by atoms with van der Waals surface area (Å²) in [5.41, 5.74) is 2.85. The molecule has 1 aliphatic heterocycles. The summed E-state index contributed by atoms with van der Waals surface area (Å²) >= 11 is 1.65. The molecule has 1 aliphatic rings. The Labute approximate surface area is 116 Å². The summed E-state index contributed by atoms with van der Waals surface area (Å²) in [4.78, 5) is 14.5. The number of hydrogen-bond acceptors (Lipinski definition) is 3. The molecular formula is C15H15NO2S. The van der Waals surface area contributed by atoms with E-state index in [0.29, 0.717) is 12.8 Å². The van der Waals surface area contributed by atoms with E-state index in [1.807, 2.05) is 35.7 Å². The van der Waals surface area contributed by atoms with Crippen LogP contribution in [0.4, 0.5) is 5.69 Å². The molecule has 0 saturated heterocycles. The van der Waals surface area contributed by atoms with E-state index in [0.717, 1.165) is 16.8 Å². The van der Waals surface area contributed by atoms with E-state index in [2.05, 4.69) is 0 Å². The third-order valence-corrected chi connectivity index (χ3v) is 4.44. The Hall–Kier alpha value is -1.65. The smallest absolute Gasteiger partial charge is 0.231 e. The van der Waals surface area contributed by atoms with Gasteiger partial charge in [-0.1, -0.05) is 18.2 Å². The molecule has 19 heavy (non-hydrogen) atoms. The number of aliphatic hydroxyl groups excluding tert-OH is 1. The maximum Gasteiger partial charge on any atom is 0.231 e. The zero-order valence-corrected chi connectivity index (χ0v) is 11.5. The van der Waals surface area contributed by atoms with Crippen molar-refractivity contribution in [3.63, 3.8) is 0 Å². The van der Waals surface area contributed by atoms with E-state index in [1.54, 1.807) is 23.3 Å². The molecule has 3 nitrogen and oxygen atoms in total. The van der Waals surface area contributed by atoms with Crippen LogP contribution in [0.15, 0.2) is 35.7 Å². The molecule has 0 spiro atoms. The van der Waals surface area contributed by atoms with E-state index in [9.17, 15) is 9.90 Å². The predicted molar refractivity (Wildman–Crippen MR) is 76.5 cm³/mol. The maximum atomic E-state index is 11.6. The lowest BCUT2D eigenvalue weighted by Crippen LogP contribution is -2.20. The van der Waals surface area contributed by atoms with Crippen LogP contribution in [0.3, 0.4) is 0 Å². The van der Waals surface area contributed by atoms with Crippen molar-refractivity contribution in [3.05, 3.63) is 51.7 Å². The summed E-state index contributed by atoms with van der Waals surface area (Å²) in [5.74, 6) is 0.111. The molecule has 1 amide bonds. The van der Waals surface area contributed by atoms with Crippen LogP contribution >= 0.6 is 11.3 Å². The van der Waals surface area contributed by atoms with Crippen LogP contribution < -0.4 is 4.90 Å². The van der Waals surface area contributed by atoms with Crippen molar-refractivity contribution in [2.45, 2.75) is 18.9 Å². The summed E-state index contributed by atoms with van der Waals surface area (Å²) < 4.78 is 0. The molecule has 1 aromatic carbocycles. The first kappa shape index (κ1) is 12.4. The SMILES string of the molecule is CN1C(=O)Cc2cc(C(O)Cc3cccs3)ccc21. The first-order chi connectivity index (χ1) is 9.15. The van der Waals surface area contributed by atoms with Crippen LogP contribution in [0, 0.1) is 0 Å². The van der Waals surface area contributed by atoms with Gasteiger partial charge in [0.1, 0.15) is 0 Å². The average Bonchev–Trinajstić information content (AvgIpc) is 2.99. The normalized spacial score (nSPS) is 15.7. The lowest BCUT2D eigenvalue weighted by molar-refractivity contribution is -0.117. The number of fused-ring (bicyclic) bond motifs is 1. The Balaban J connectivity index is 1.83. The number of amides is 1. The molecule has 1 atom stereocenters. The Morgan fingerprint density at radius 1 is 1.42 bits per heavy atom. The highest BCUT2D eigenvalue weighted by atomic mass is 32.1. The lowest BCUT2D eigenvalue weighted by atomic mass is 10.0. The van der Waals surface area contributed by atoms with Gasteiger partial charge in [-0.2, -0.15) is 0 Å². The second-order valence-electron chi connectivity index (χ2n) is 4.82. The number of thiophene rings is 1. The third kappa shape index (κ3) is 2.29. The van der Waals surface area contributed by atoms with Gasteiger partial charge < -0.3 is 10.0 Å². The Morgan fingerprint density at radius 3 is 3.00 bits per heavy atom. The quantitative estimate of drug-likeness (QED) is 0.933. The van der Waals surface area contributed by atoms with E-state index in [-0.39, 0.29) is 5.91 Å². The third-order valence-electron chi connectivity index (χ3n) is 3.54. The van der Waals surface area contributed by atoms with Gasteiger partial charge in [0.25, 0.3) is 0 Å². The molecule has 1 aromatic heterocycles. The second kappa shape index (κ2) is 4.79. The number of benzene rings is 1. The van der Waals surface area contributed by atoms with Gasteiger partial charge in [0.05, 0.1) is 12.5 Å². The summed E-state index contributed by atoms with van der Waals surface area (Å²) in [7, 11) is 1.79. The van der Waals surface area contributed by atoms with Crippen molar-refractivity contribution in [1.29, 1.82) is 0 Å². The minimum Gasteiger partial charge on any atom is -0.388 e. The van der Waals surface area contributed by atoms with Crippen molar-refractivity contribution in [2.24, 2.45) is 0 Å². The van der Waals surface area contributed by atoms with Crippen LogP contribution in [0.5, 0.6) is 0 Å². The maximum absolute atomic E-state index is 11.6. The molecule has 0 bridgehead atoms. The zero-order chi connectivity index (χ0) is 13.4. The first-order valence-electron chi connectivity index (χ1n) is 6.25. The van der Waals surface area contributed by atoms with E-state index >= 15 is 0 Å². The van der Waals surface area contributed by atoms with Gasteiger partial charge in [-0.05, 0) is 28.6 Å². The summed E-state index contributed by atoms with van der Waals surface area (Å²) in [6.45, 7) is 0. The summed E-state index contributed by atoms with van der Waals surface area (Å²) in [6.07, 6.45) is 0.552. The van der Waals surface area contributed by atoms with Gasteiger partial charge in [0.2, 0.25) is 5.91 Å². The van der Waals surface area contributed by atoms with Crippen molar-refractivity contribution < 1.29 is 9.90 Å². The molecule has 3 rings (SSSR count). The van der Waals surface area contributed by atoms with Gasteiger partial charge in [0, 0.05) is 24.0 Å². The second-order valence-corrected chi connectivity index (χ2v) is 5.85. The number of anilines is 1. The van der Waals surface area contributed by atoms with Crippen LogP contribution in [-0.2, 0) is 17.6 Å². The van der Waals surface area contributed by atoms with Crippen LogP contribution in [0.2, 0.25) is 0 Å². The van der Waals surface area contributed by atoms with Crippen molar-refractivity contribution >= 4 is 22.9 Å². The van der Waals surface area contributed by atoms with Crippen LogP contribution in [-0.4, -0.2) is 18.1 Å². The van der Waals surface area contributed by atoms with Crippen LogP contribution in [0.25, 0.3) is 0 Å². The molecule has 0 fully saturated rings. The highest BCUT2D eigenvalue weighted by Gasteiger charge is 2.24. The van der Waals surface area contributed by atoms with Gasteiger partial charge in [-0.3, -0.25) is 4.79 Å². The fourth-order valence-electron chi connectivity index (χ4n) is 2.43. The van der Waals surface area contributed by atoms with E-state index in [1.165, 1.54) is 4.88 Å². The molecule has 4 heteroatoms. The highest BCUT2D eigenvalue weighted by molar-refractivity contribution is 7.09. The topological polar surface area (TPSA) is 40.5 Å². The Kier molecular flexibility index (Phi) is 3.12. The number of nitrogens with zero attached hydrogens (tertiary/aromatic N) is 1. The van der Waals surface area contributed by atoms with E-state index in [4.69, 9.17) is 0 Å². The molecule has 2 aromatic rings. The first-order valence-corrected chi connectivity index (χ1v) is 7.13. The standard InChI is InChI=1S/C15H15NO2S/c1-16-13-5-4-10(7-11(13)8-15(16)18)14(17)9-12-3-2-6-19-12/h2-7,14,17H,8-9H2,1H3. The van der Waals surface area contributed by atoms with Crippen LogP contribution in [0.1, 0.15) is 22.1 Å². The largest absolute Gasteiger partial charge is 0.388 e. The molecule has 98 valence electrons. The van der Waals surface area contributed by atoms with Gasteiger partial charge in [-0.25, -0.2) is 0 Å². The number of likely N-dealkylation sites (N-methyl/N-ethyl adjacent to an activating group) is 1. The van der Waals surface area contributed by atoms with Gasteiger partial charge in [-0.15, -0.1) is 11.3 Å². The molecule has 0 aliphatic carbocycles. The zero-order valence-electron chi connectivity index (χ0n) is 10.7. The molecule has 2 heterocycles. The number of hydrogen-bond donors (Lipinski definition) is 1. The van der Waals surface area contributed by atoms with E-state index < -0.39 is 6.10 Å². The monoisotopic (exact) mass is 273 g/mol. The van der Waals surface area contributed by atoms with Crippen molar-refractivity contribution in [3.8, 4) is 0 Å². The number of rotatable bonds is 3. The number of carbonyl (C=O) groups is 1. The number of carbonyl (C=O) groups excluding carboxylic acids is 1. The lowest BCUT2D eigenvalue weighted by Gasteiger charge is -2.13. The highest BCUT2D eigenvalue weighted by Crippen LogP contribution is 2.31. The summed E-state index contributed by atoms with van der Waals surface area (Å²) in [6, 6.07) is 9.80. The number of aliphatic hydroxyl groups is 1. The Morgan fingerprint density at radius 2 is 2.26 bits per heavy atom. The van der Waals surface area contributed by atoms with Gasteiger partial charge in [0.15, 0.2) is 0 Å². The molecule has 1 unspecified atom stereocenters. The fraction of sp³-hybridized carbons (Fsp3) is 0.267. The molecular weight excluding hydrogens is 258 g/mol. The average molecular weight is 273 g/mol. The van der Waals surface area contributed by atoms with Crippen molar-refractivity contribution in [1.82, 2.24) is 0 Å². The minimum absolute atomic E-state index is 0.111. The van der Waals surface area contributed by atoms with Gasteiger partial charge >= 0.3 is 0 Å². The van der Waals surface area contributed by atoms with Crippen molar-refractivity contribution in [2.75, 3.05) is 11.9 Å². The summed E-state index contributed by atoms with van der Waals surface area (Å²) in [5, 5.41) is 12.3. The molecule has 1 N–H and O–H groups in total. The minimum atomic E-state index is -0.509. The Bertz CT molecular complexity index is 607.